The summed E-state index contributed by atoms with van der Waals surface area (Å²) in [4.78, 5) is 8.00. The van der Waals surface area contributed by atoms with Gasteiger partial charge in [-0.05, 0) is 49.6 Å². The summed E-state index contributed by atoms with van der Waals surface area (Å²) in [5.41, 5.74) is 3.87. The molecule has 0 aliphatic rings. The Morgan fingerprint density at radius 2 is 1.42 bits per heavy atom. The lowest BCUT2D eigenvalue weighted by Crippen LogP contribution is -1.84. The molecule has 0 heterocycles. The maximum Gasteiger partial charge on any atom is 0.106 e. The SMILES string of the molecule is C=O.Cc1cc(Cl)cc(C)c1C. The van der Waals surface area contributed by atoms with Crippen LogP contribution in [0.15, 0.2) is 12.1 Å². The minimum atomic E-state index is 0.834. The van der Waals surface area contributed by atoms with E-state index in [4.69, 9.17) is 16.4 Å². The Bertz CT molecular complexity index is 246. The lowest BCUT2D eigenvalue weighted by atomic mass is 10.1. The third-order valence-electron chi connectivity index (χ3n) is 1.89. The molecule has 66 valence electrons. The summed E-state index contributed by atoms with van der Waals surface area (Å²) in [6.07, 6.45) is 0. The molecule has 0 unspecified atom stereocenters. The molecule has 0 aliphatic carbocycles. The predicted octanol–water partition coefficient (Wildman–Crippen LogP) is 3.08. The predicted molar refractivity (Wildman–Crippen MR) is 52.8 cm³/mol. The van der Waals surface area contributed by atoms with Crippen LogP contribution in [0.2, 0.25) is 5.02 Å². The fourth-order valence-corrected chi connectivity index (χ4v) is 1.31. The summed E-state index contributed by atoms with van der Waals surface area (Å²) in [7, 11) is 0. The van der Waals surface area contributed by atoms with E-state index in [9.17, 15) is 0 Å². The Hall–Kier alpha value is -0.820. The van der Waals surface area contributed by atoms with Crippen molar-refractivity contribution in [2.45, 2.75) is 20.8 Å². The van der Waals surface area contributed by atoms with Crippen LogP contribution < -0.4 is 0 Å². The van der Waals surface area contributed by atoms with E-state index < -0.39 is 0 Å². The second-order valence-corrected chi connectivity index (χ2v) is 3.10. The van der Waals surface area contributed by atoms with Gasteiger partial charge in [-0.15, -0.1) is 0 Å². The zero-order chi connectivity index (χ0) is 9.72. The van der Waals surface area contributed by atoms with Gasteiger partial charge in [-0.1, -0.05) is 11.6 Å². The van der Waals surface area contributed by atoms with E-state index in [0.29, 0.717) is 0 Å². The molecule has 0 radical (unpaired) electrons. The van der Waals surface area contributed by atoms with Crippen molar-refractivity contribution in [2.75, 3.05) is 0 Å². The van der Waals surface area contributed by atoms with Crippen LogP contribution in [0.3, 0.4) is 0 Å². The highest BCUT2D eigenvalue weighted by atomic mass is 35.5. The Balaban J connectivity index is 0.000000561. The second-order valence-electron chi connectivity index (χ2n) is 2.66. The summed E-state index contributed by atoms with van der Waals surface area (Å²) >= 11 is 5.82. The standard InChI is InChI=1S/C9H11Cl.CH2O/c1-6-4-9(10)5-7(2)8(6)3;1-2/h4-5H,1-3H3;1H2. The van der Waals surface area contributed by atoms with Gasteiger partial charge in [-0.2, -0.15) is 0 Å². The van der Waals surface area contributed by atoms with E-state index in [-0.39, 0.29) is 0 Å². The Morgan fingerprint density at radius 1 is 1.08 bits per heavy atom. The molecule has 0 atom stereocenters. The second kappa shape index (κ2) is 4.94. The van der Waals surface area contributed by atoms with Crippen molar-refractivity contribution in [3.63, 3.8) is 0 Å². The Labute approximate surface area is 78.4 Å². The van der Waals surface area contributed by atoms with Crippen LogP contribution >= 0.6 is 11.6 Å². The maximum absolute atomic E-state index is 8.00. The van der Waals surface area contributed by atoms with Gasteiger partial charge in [-0.3, -0.25) is 0 Å². The number of carbonyl (C=O) groups excluding carboxylic acids is 1. The molecule has 1 nitrogen and oxygen atoms in total. The summed E-state index contributed by atoms with van der Waals surface area (Å²) in [6, 6.07) is 3.98. The minimum absolute atomic E-state index is 0.834. The van der Waals surface area contributed by atoms with E-state index in [0.717, 1.165) is 5.02 Å². The van der Waals surface area contributed by atoms with Crippen LogP contribution in [0.5, 0.6) is 0 Å². The van der Waals surface area contributed by atoms with Crippen molar-refractivity contribution in [3.8, 4) is 0 Å². The van der Waals surface area contributed by atoms with Crippen molar-refractivity contribution >= 4 is 18.4 Å². The molecule has 0 aliphatic heterocycles. The Kier molecular flexibility index (Phi) is 4.60. The number of halogens is 1. The number of rotatable bonds is 0. The van der Waals surface area contributed by atoms with Crippen molar-refractivity contribution in [3.05, 3.63) is 33.8 Å². The topological polar surface area (TPSA) is 17.1 Å². The molecule has 12 heavy (non-hydrogen) atoms. The molecule has 0 fully saturated rings. The van der Waals surface area contributed by atoms with E-state index in [1.807, 2.05) is 18.9 Å². The van der Waals surface area contributed by atoms with Crippen molar-refractivity contribution in [1.82, 2.24) is 0 Å². The molecule has 0 bridgehead atoms. The first-order valence-corrected chi connectivity index (χ1v) is 4.01. The number of benzene rings is 1. The molecular formula is C10H13ClO. The van der Waals surface area contributed by atoms with Crippen LogP contribution in [0, 0.1) is 20.8 Å². The Morgan fingerprint density at radius 3 is 1.75 bits per heavy atom. The molecular weight excluding hydrogens is 172 g/mol. The normalized spacial score (nSPS) is 8.67. The highest BCUT2D eigenvalue weighted by molar-refractivity contribution is 6.30. The number of carbonyl (C=O) groups is 1. The molecule has 2 heteroatoms. The van der Waals surface area contributed by atoms with E-state index in [2.05, 4.69) is 20.8 Å². The van der Waals surface area contributed by atoms with Gasteiger partial charge in [0.2, 0.25) is 0 Å². The first-order valence-electron chi connectivity index (χ1n) is 3.63. The van der Waals surface area contributed by atoms with Crippen molar-refractivity contribution < 1.29 is 4.79 Å². The van der Waals surface area contributed by atoms with E-state index in [1.165, 1.54) is 16.7 Å². The largest absolute Gasteiger partial charge is 0.307 e. The maximum atomic E-state index is 8.00. The van der Waals surface area contributed by atoms with Gasteiger partial charge in [0.15, 0.2) is 0 Å². The zero-order valence-electron chi connectivity index (χ0n) is 7.65. The lowest BCUT2D eigenvalue weighted by molar-refractivity contribution is -0.0979. The molecule has 0 amide bonds. The van der Waals surface area contributed by atoms with Crippen LogP contribution in [-0.4, -0.2) is 6.79 Å². The van der Waals surface area contributed by atoms with Gasteiger partial charge in [-0.25, -0.2) is 0 Å². The number of hydrogen-bond donors (Lipinski definition) is 0. The smallest absolute Gasteiger partial charge is 0.106 e. The van der Waals surface area contributed by atoms with Crippen LogP contribution in [-0.2, 0) is 4.79 Å². The molecule has 1 aromatic carbocycles. The van der Waals surface area contributed by atoms with E-state index >= 15 is 0 Å². The average Bonchev–Trinajstić information content (AvgIpc) is 2.04. The average molecular weight is 185 g/mol. The van der Waals surface area contributed by atoms with Gasteiger partial charge < -0.3 is 4.79 Å². The van der Waals surface area contributed by atoms with Gasteiger partial charge >= 0.3 is 0 Å². The number of hydrogen-bond acceptors (Lipinski definition) is 1. The first kappa shape index (κ1) is 11.2. The minimum Gasteiger partial charge on any atom is -0.307 e. The third-order valence-corrected chi connectivity index (χ3v) is 2.11. The monoisotopic (exact) mass is 184 g/mol. The molecule has 0 aromatic heterocycles. The quantitative estimate of drug-likeness (QED) is 0.606. The fraction of sp³-hybridized carbons (Fsp3) is 0.300. The summed E-state index contributed by atoms with van der Waals surface area (Å²) in [6.45, 7) is 8.27. The molecule has 1 rings (SSSR count). The molecule has 0 N–H and O–H groups in total. The number of aryl methyl sites for hydroxylation is 2. The third kappa shape index (κ3) is 2.67. The summed E-state index contributed by atoms with van der Waals surface area (Å²) in [5.74, 6) is 0. The molecule has 0 spiro atoms. The molecule has 0 saturated heterocycles. The van der Waals surface area contributed by atoms with Crippen molar-refractivity contribution in [1.29, 1.82) is 0 Å². The van der Waals surface area contributed by atoms with Crippen LogP contribution in [0.25, 0.3) is 0 Å². The first-order chi connectivity index (χ1) is 5.61. The molecule has 1 aromatic rings. The highest BCUT2D eigenvalue weighted by Gasteiger charge is 1.97. The summed E-state index contributed by atoms with van der Waals surface area (Å²) < 4.78 is 0. The van der Waals surface area contributed by atoms with Crippen LogP contribution in [0.4, 0.5) is 0 Å². The molecule has 0 saturated carbocycles. The lowest BCUT2D eigenvalue weighted by Gasteiger charge is -2.03. The highest BCUT2D eigenvalue weighted by Crippen LogP contribution is 2.18. The fourth-order valence-electron chi connectivity index (χ4n) is 0.983. The summed E-state index contributed by atoms with van der Waals surface area (Å²) in [5, 5.41) is 0.834. The van der Waals surface area contributed by atoms with E-state index in [1.54, 1.807) is 0 Å². The van der Waals surface area contributed by atoms with Crippen LogP contribution in [0.1, 0.15) is 16.7 Å². The zero-order valence-corrected chi connectivity index (χ0v) is 8.40. The van der Waals surface area contributed by atoms with Gasteiger partial charge in [0.1, 0.15) is 6.79 Å². The van der Waals surface area contributed by atoms with Gasteiger partial charge in [0.05, 0.1) is 0 Å². The van der Waals surface area contributed by atoms with Gasteiger partial charge in [0.25, 0.3) is 0 Å². The van der Waals surface area contributed by atoms with Crippen molar-refractivity contribution in [2.24, 2.45) is 0 Å². The van der Waals surface area contributed by atoms with Gasteiger partial charge in [0, 0.05) is 5.02 Å².